The van der Waals surface area contributed by atoms with Crippen molar-refractivity contribution in [3.05, 3.63) is 21.6 Å². The summed E-state index contributed by atoms with van der Waals surface area (Å²) in [6, 6.07) is 0. The number of halogens is 1. The van der Waals surface area contributed by atoms with Crippen LogP contribution < -0.4 is 15.8 Å². The summed E-state index contributed by atoms with van der Waals surface area (Å²) in [6.07, 6.45) is 6.03. The van der Waals surface area contributed by atoms with Crippen molar-refractivity contribution >= 4 is 17.3 Å². The lowest BCUT2D eigenvalue weighted by Gasteiger charge is -2.29. The Bertz CT molecular complexity index is 511. The molecule has 1 fully saturated rings. The SMILES string of the molecule is CCCCn1ncc(N(C)CC2CCNCC2)c(Cl)c1=O. The molecule has 0 atom stereocenters. The second-order valence-electron chi connectivity index (χ2n) is 5.80. The minimum atomic E-state index is -0.181. The Morgan fingerprint density at radius 1 is 1.48 bits per heavy atom. The predicted molar refractivity (Wildman–Crippen MR) is 87.3 cm³/mol. The van der Waals surface area contributed by atoms with Crippen molar-refractivity contribution in [3.63, 3.8) is 0 Å². The standard InChI is InChI=1S/C15H25ClN4O/c1-3-4-9-20-15(21)14(16)13(10-18-20)19(2)11-12-5-7-17-8-6-12/h10,12,17H,3-9,11H2,1-2H3. The smallest absolute Gasteiger partial charge is 0.287 e. The minimum absolute atomic E-state index is 0.181. The molecule has 0 amide bonds. The van der Waals surface area contributed by atoms with Gasteiger partial charge in [0.2, 0.25) is 0 Å². The second kappa shape index (κ2) is 7.80. The number of hydrogen-bond donors (Lipinski definition) is 1. The molecule has 1 aromatic heterocycles. The molecule has 5 nitrogen and oxygen atoms in total. The van der Waals surface area contributed by atoms with Crippen LogP contribution in [0.3, 0.4) is 0 Å². The van der Waals surface area contributed by atoms with Gasteiger partial charge in [0.05, 0.1) is 11.9 Å². The first-order valence-corrected chi connectivity index (χ1v) is 8.18. The van der Waals surface area contributed by atoms with E-state index < -0.39 is 0 Å². The molecule has 0 bridgehead atoms. The monoisotopic (exact) mass is 312 g/mol. The van der Waals surface area contributed by atoms with E-state index in [-0.39, 0.29) is 10.6 Å². The topological polar surface area (TPSA) is 50.2 Å². The summed E-state index contributed by atoms with van der Waals surface area (Å²) in [5.74, 6) is 0.648. The third-order valence-corrected chi connectivity index (χ3v) is 4.45. The van der Waals surface area contributed by atoms with Crippen molar-refractivity contribution in [2.45, 2.75) is 39.2 Å². The molecule has 0 unspecified atom stereocenters. The lowest BCUT2D eigenvalue weighted by Crippen LogP contribution is -2.35. The summed E-state index contributed by atoms with van der Waals surface area (Å²) in [6.45, 7) is 5.79. The van der Waals surface area contributed by atoms with Crippen LogP contribution in [0.4, 0.5) is 5.69 Å². The van der Waals surface area contributed by atoms with Gasteiger partial charge in [0, 0.05) is 20.1 Å². The van der Waals surface area contributed by atoms with Crippen LogP contribution in [0.1, 0.15) is 32.6 Å². The summed E-state index contributed by atoms with van der Waals surface area (Å²) in [4.78, 5) is 14.3. The molecule has 2 rings (SSSR count). The van der Waals surface area contributed by atoms with E-state index in [0.29, 0.717) is 12.5 Å². The fourth-order valence-corrected chi connectivity index (χ4v) is 3.03. The van der Waals surface area contributed by atoms with Crippen LogP contribution in [-0.4, -0.2) is 36.5 Å². The molecule has 0 aliphatic carbocycles. The van der Waals surface area contributed by atoms with Crippen molar-refractivity contribution in [3.8, 4) is 0 Å². The van der Waals surface area contributed by atoms with Crippen molar-refractivity contribution in [2.75, 3.05) is 31.6 Å². The Morgan fingerprint density at radius 3 is 2.86 bits per heavy atom. The molecule has 0 aromatic carbocycles. The number of anilines is 1. The van der Waals surface area contributed by atoms with Crippen LogP contribution in [0.5, 0.6) is 0 Å². The van der Waals surface area contributed by atoms with E-state index in [2.05, 4.69) is 22.2 Å². The first-order valence-electron chi connectivity index (χ1n) is 7.81. The third kappa shape index (κ3) is 4.20. The molecule has 2 heterocycles. The first-order chi connectivity index (χ1) is 10.1. The van der Waals surface area contributed by atoms with Crippen LogP contribution in [-0.2, 0) is 6.54 Å². The number of rotatable bonds is 6. The summed E-state index contributed by atoms with van der Waals surface area (Å²) in [5, 5.41) is 7.91. The fourth-order valence-electron chi connectivity index (χ4n) is 2.74. The van der Waals surface area contributed by atoms with Gasteiger partial charge >= 0.3 is 0 Å². The van der Waals surface area contributed by atoms with E-state index in [1.54, 1.807) is 6.20 Å². The zero-order chi connectivity index (χ0) is 15.2. The number of aromatic nitrogens is 2. The van der Waals surface area contributed by atoms with Gasteiger partial charge in [-0.2, -0.15) is 5.10 Å². The van der Waals surface area contributed by atoms with Crippen LogP contribution in [0.15, 0.2) is 11.0 Å². The highest BCUT2D eigenvalue weighted by molar-refractivity contribution is 6.33. The number of aryl methyl sites for hydroxylation is 1. The quantitative estimate of drug-likeness (QED) is 0.874. The second-order valence-corrected chi connectivity index (χ2v) is 6.18. The van der Waals surface area contributed by atoms with Crippen molar-refractivity contribution < 1.29 is 0 Å². The third-order valence-electron chi connectivity index (χ3n) is 4.09. The molecule has 21 heavy (non-hydrogen) atoms. The van der Waals surface area contributed by atoms with Gasteiger partial charge < -0.3 is 10.2 Å². The van der Waals surface area contributed by atoms with Crippen LogP contribution in [0, 0.1) is 5.92 Å². The summed E-state index contributed by atoms with van der Waals surface area (Å²) in [5.41, 5.74) is 0.563. The molecule has 6 heteroatoms. The highest BCUT2D eigenvalue weighted by Crippen LogP contribution is 2.22. The molecule has 1 aromatic rings. The molecular weight excluding hydrogens is 288 g/mol. The summed E-state index contributed by atoms with van der Waals surface area (Å²) < 4.78 is 1.47. The molecule has 118 valence electrons. The molecule has 0 spiro atoms. The highest BCUT2D eigenvalue weighted by Gasteiger charge is 2.18. The molecule has 0 saturated carbocycles. The van der Waals surface area contributed by atoms with E-state index in [9.17, 15) is 4.79 Å². The van der Waals surface area contributed by atoms with Crippen molar-refractivity contribution in [1.82, 2.24) is 15.1 Å². The molecule has 1 N–H and O–H groups in total. The lowest BCUT2D eigenvalue weighted by molar-refractivity contribution is 0.377. The zero-order valence-electron chi connectivity index (χ0n) is 12.9. The fraction of sp³-hybridized carbons (Fsp3) is 0.733. The van der Waals surface area contributed by atoms with E-state index in [0.717, 1.165) is 38.2 Å². The Balaban J connectivity index is 2.08. The maximum Gasteiger partial charge on any atom is 0.287 e. The Hall–Kier alpha value is -1.07. The molecule has 1 aliphatic heterocycles. The van der Waals surface area contributed by atoms with E-state index >= 15 is 0 Å². The van der Waals surface area contributed by atoms with Gasteiger partial charge in [-0.1, -0.05) is 24.9 Å². The summed E-state index contributed by atoms with van der Waals surface area (Å²) in [7, 11) is 1.99. The number of piperidine rings is 1. The number of hydrogen-bond acceptors (Lipinski definition) is 4. The maximum atomic E-state index is 12.2. The Morgan fingerprint density at radius 2 is 2.19 bits per heavy atom. The van der Waals surface area contributed by atoms with Gasteiger partial charge in [-0.25, -0.2) is 4.68 Å². The van der Waals surface area contributed by atoms with Crippen molar-refractivity contribution in [2.24, 2.45) is 5.92 Å². The molecule has 1 saturated heterocycles. The van der Waals surface area contributed by atoms with Gasteiger partial charge in [-0.15, -0.1) is 0 Å². The Kier molecular flexibility index (Phi) is 6.06. The van der Waals surface area contributed by atoms with Gasteiger partial charge in [0.15, 0.2) is 0 Å². The van der Waals surface area contributed by atoms with Gasteiger partial charge in [0.1, 0.15) is 5.02 Å². The zero-order valence-corrected chi connectivity index (χ0v) is 13.7. The van der Waals surface area contributed by atoms with Gasteiger partial charge in [0.25, 0.3) is 5.56 Å². The highest BCUT2D eigenvalue weighted by atomic mass is 35.5. The van der Waals surface area contributed by atoms with Crippen LogP contribution >= 0.6 is 11.6 Å². The number of nitrogens with one attached hydrogen (secondary N) is 1. The van der Waals surface area contributed by atoms with E-state index in [4.69, 9.17) is 11.6 Å². The molecule has 0 radical (unpaired) electrons. The lowest BCUT2D eigenvalue weighted by atomic mass is 9.97. The minimum Gasteiger partial charge on any atom is -0.372 e. The van der Waals surface area contributed by atoms with Gasteiger partial charge in [-0.05, 0) is 38.3 Å². The number of unbranched alkanes of at least 4 members (excludes halogenated alkanes) is 1. The average Bonchev–Trinajstić information content (AvgIpc) is 2.49. The molecule has 1 aliphatic rings. The first kappa shape index (κ1) is 16.3. The largest absolute Gasteiger partial charge is 0.372 e. The summed E-state index contributed by atoms with van der Waals surface area (Å²) >= 11 is 6.26. The van der Waals surface area contributed by atoms with Crippen LogP contribution in [0.2, 0.25) is 5.02 Å². The van der Waals surface area contributed by atoms with Crippen molar-refractivity contribution in [1.29, 1.82) is 0 Å². The predicted octanol–water partition coefficient (Wildman–Crippen LogP) is 2.13. The van der Waals surface area contributed by atoms with Crippen LogP contribution in [0.25, 0.3) is 0 Å². The number of nitrogens with zero attached hydrogens (tertiary/aromatic N) is 3. The Labute approximate surface area is 131 Å². The average molecular weight is 313 g/mol. The van der Waals surface area contributed by atoms with Gasteiger partial charge in [-0.3, -0.25) is 4.79 Å². The maximum absolute atomic E-state index is 12.2. The molecular formula is C15H25ClN4O. The normalized spacial score (nSPS) is 16.1. The van der Waals surface area contributed by atoms with E-state index in [1.807, 2.05) is 7.05 Å². The van der Waals surface area contributed by atoms with E-state index in [1.165, 1.54) is 17.5 Å².